The summed E-state index contributed by atoms with van der Waals surface area (Å²) in [5.74, 6) is 0. The second kappa shape index (κ2) is 4.67. The zero-order chi connectivity index (χ0) is 9.84. The molecule has 1 N–H and O–H groups in total. The van der Waals surface area contributed by atoms with E-state index in [4.69, 9.17) is 0 Å². The van der Waals surface area contributed by atoms with Crippen molar-refractivity contribution in [2.45, 2.75) is 46.2 Å². The summed E-state index contributed by atoms with van der Waals surface area (Å²) in [6, 6.07) is 0.861. The minimum Gasteiger partial charge on any atom is -0.306 e. The monoisotopic (exact) mass is 199 g/mol. The zero-order valence-electron chi connectivity index (χ0n) is 8.66. The molecule has 3 nitrogen and oxygen atoms in total. The molecule has 0 aliphatic heterocycles. The average molecular weight is 199 g/mol. The van der Waals surface area contributed by atoms with Gasteiger partial charge >= 0.3 is 0 Å². The standard InChI is InChI=1S/C9H17N3S/c1-5-6(2)10-7(3)9-12-11-8(4)13-9/h6-7,10H,5H2,1-4H3. The van der Waals surface area contributed by atoms with Crippen molar-refractivity contribution in [3.05, 3.63) is 10.0 Å². The van der Waals surface area contributed by atoms with E-state index in [1.165, 1.54) is 0 Å². The Morgan fingerprint density at radius 2 is 2.08 bits per heavy atom. The molecular weight excluding hydrogens is 182 g/mol. The lowest BCUT2D eigenvalue weighted by molar-refractivity contribution is 0.466. The molecule has 0 saturated carbocycles. The molecule has 74 valence electrons. The van der Waals surface area contributed by atoms with E-state index in [1.54, 1.807) is 11.3 Å². The highest BCUT2D eigenvalue weighted by Crippen LogP contribution is 2.17. The van der Waals surface area contributed by atoms with Crippen molar-refractivity contribution in [2.24, 2.45) is 0 Å². The van der Waals surface area contributed by atoms with Crippen molar-refractivity contribution in [3.63, 3.8) is 0 Å². The zero-order valence-corrected chi connectivity index (χ0v) is 9.48. The normalized spacial score (nSPS) is 15.7. The van der Waals surface area contributed by atoms with Gasteiger partial charge in [0.25, 0.3) is 0 Å². The highest BCUT2D eigenvalue weighted by atomic mass is 32.1. The Bertz CT molecular complexity index is 259. The van der Waals surface area contributed by atoms with Crippen molar-refractivity contribution in [2.75, 3.05) is 0 Å². The Balaban J connectivity index is 2.53. The van der Waals surface area contributed by atoms with Gasteiger partial charge in [-0.1, -0.05) is 6.92 Å². The van der Waals surface area contributed by atoms with Crippen molar-refractivity contribution < 1.29 is 0 Å². The first-order valence-electron chi connectivity index (χ1n) is 4.69. The van der Waals surface area contributed by atoms with E-state index in [2.05, 4.69) is 36.3 Å². The largest absolute Gasteiger partial charge is 0.306 e. The van der Waals surface area contributed by atoms with Gasteiger partial charge in [0, 0.05) is 6.04 Å². The maximum Gasteiger partial charge on any atom is 0.134 e. The van der Waals surface area contributed by atoms with E-state index in [-0.39, 0.29) is 0 Å². The fourth-order valence-electron chi connectivity index (χ4n) is 1.10. The van der Waals surface area contributed by atoms with Crippen LogP contribution in [-0.2, 0) is 0 Å². The molecule has 13 heavy (non-hydrogen) atoms. The van der Waals surface area contributed by atoms with Crippen LogP contribution >= 0.6 is 11.3 Å². The van der Waals surface area contributed by atoms with Crippen LogP contribution in [0.2, 0.25) is 0 Å². The lowest BCUT2D eigenvalue weighted by Gasteiger charge is -2.15. The minimum atomic E-state index is 0.321. The van der Waals surface area contributed by atoms with Crippen molar-refractivity contribution in [3.8, 4) is 0 Å². The number of nitrogens with zero attached hydrogens (tertiary/aromatic N) is 2. The third-order valence-corrected chi connectivity index (χ3v) is 3.08. The fraction of sp³-hybridized carbons (Fsp3) is 0.778. The summed E-state index contributed by atoms with van der Waals surface area (Å²) in [7, 11) is 0. The summed E-state index contributed by atoms with van der Waals surface area (Å²) >= 11 is 1.66. The molecule has 2 atom stereocenters. The summed E-state index contributed by atoms with van der Waals surface area (Å²) in [6.07, 6.45) is 1.14. The van der Waals surface area contributed by atoms with Crippen LogP contribution in [0.25, 0.3) is 0 Å². The second-order valence-corrected chi connectivity index (χ2v) is 4.57. The molecule has 0 aliphatic rings. The van der Waals surface area contributed by atoms with Gasteiger partial charge in [-0.05, 0) is 27.2 Å². The molecule has 2 unspecified atom stereocenters. The van der Waals surface area contributed by atoms with Gasteiger partial charge in [0.1, 0.15) is 10.0 Å². The molecule has 0 saturated heterocycles. The van der Waals surface area contributed by atoms with Crippen LogP contribution in [0.5, 0.6) is 0 Å². The van der Waals surface area contributed by atoms with E-state index in [1.807, 2.05) is 6.92 Å². The summed E-state index contributed by atoms with van der Waals surface area (Å²) < 4.78 is 0. The van der Waals surface area contributed by atoms with Gasteiger partial charge in [-0.25, -0.2) is 0 Å². The number of aromatic nitrogens is 2. The molecule has 0 aliphatic carbocycles. The Hall–Kier alpha value is -0.480. The number of rotatable bonds is 4. The summed E-state index contributed by atoms with van der Waals surface area (Å²) in [5.41, 5.74) is 0. The van der Waals surface area contributed by atoms with Crippen LogP contribution in [0.3, 0.4) is 0 Å². The molecule has 0 radical (unpaired) electrons. The van der Waals surface area contributed by atoms with E-state index < -0.39 is 0 Å². The van der Waals surface area contributed by atoms with Crippen LogP contribution in [-0.4, -0.2) is 16.2 Å². The molecule has 1 aromatic heterocycles. The second-order valence-electron chi connectivity index (χ2n) is 3.36. The molecule has 0 bridgehead atoms. The lowest BCUT2D eigenvalue weighted by Crippen LogP contribution is -2.28. The molecule has 0 spiro atoms. The first-order valence-corrected chi connectivity index (χ1v) is 5.51. The fourth-order valence-corrected chi connectivity index (χ4v) is 1.81. The SMILES string of the molecule is CCC(C)NC(C)c1nnc(C)s1. The third kappa shape index (κ3) is 3.04. The molecule has 1 heterocycles. The molecule has 1 rings (SSSR count). The van der Waals surface area contributed by atoms with Crippen molar-refractivity contribution >= 4 is 11.3 Å². The van der Waals surface area contributed by atoms with Crippen LogP contribution in [0, 0.1) is 6.92 Å². The molecule has 1 aromatic rings. The van der Waals surface area contributed by atoms with Crippen LogP contribution < -0.4 is 5.32 Å². The number of hydrogen-bond donors (Lipinski definition) is 1. The summed E-state index contributed by atoms with van der Waals surface area (Å²) in [4.78, 5) is 0. The maximum absolute atomic E-state index is 4.11. The summed E-state index contributed by atoms with van der Waals surface area (Å²) in [6.45, 7) is 8.48. The number of aryl methyl sites for hydroxylation is 1. The smallest absolute Gasteiger partial charge is 0.134 e. The van der Waals surface area contributed by atoms with E-state index >= 15 is 0 Å². The van der Waals surface area contributed by atoms with Crippen LogP contribution in [0.15, 0.2) is 0 Å². The number of nitrogens with one attached hydrogen (secondary N) is 1. The highest BCUT2D eigenvalue weighted by Gasteiger charge is 2.11. The van der Waals surface area contributed by atoms with Crippen LogP contribution in [0.4, 0.5) is 0 Å². The molecule has 0 amide bonds. The highest BCUT2D eigenvalue weighted by molar-refractivity contribution is 7.11. The third-order valence-electron chi connectivity index (χ3n) is 2.06. The minimum absolute atomic E-state index is 0.321. The van der Waals surface area contributed by atoms with E-state index in [0.717, 1.165) is 16.4 Å². The molecule has 4 heteroatoms. The maximum atomic E-state index is 4.11. The number of hydrogen-bond acceptors (Lipinski definition) is 4. The topological polar surface area (TPSA) is 37.8 Å². The predicted molar refractivity (Wildman–Crippen MR) is 55.9 cm³/mol. The molecular formula is C9H17N3S. The molecule has 0 fully saturated rings. The van der Waals surface area contributed by atoms with Crippen molar-refractivity contribution in [1.29, 1.82) is 0 Å². The lowest BCUT2D eigenvalue weighted by atomic mass is 10.2. The average Bonchev–Trinajstić information content (AvgIpc) is 2.51. The van der Waals surface area contributed by atoms with Gasteiger partial charge < -0.3 is 5.32 Å². The van der Waals surface area contributed by atoms with Gasteiger partial charge in [-0.3, -0.25) is 0 Å². The summed E-state index contributed by atoms with van der Waals surface area (Å²) in [5, 5.41) is 13.7. The van der Waals surface area contributed by atoms with E-state index in [9.17, 15) is 0 Å². The quantitative estimate of drug-likeness (QED) is 0.808. The van der Waals surface area contributed by atoms with Gasteiger partial charge in [0.2, 0.25) is 0 Å². The van der Waals surface area contributed by atoms with Gasteiger partial charge in [0.15, 0.2) is 0 Å². The van der Waals surface area contributed by atoms with Crippen LogP contribution in [0.1, 0.15) is 43.2 Å². The molecule has 0 aromatic carbocycles. The Kier molecular flexibility index (Phi) is 3.81. The first kappa shape index (κ1) is 10.6. The van der Waals surface area contributed by atoms with Gasteiger partial charge in [-0.2, -0.15) is 0 Å². The Morgan fingerprint density at radius 1 is 1.38 bits per heavy atom. The first-order chi connectivity index (χ1) is 6.13. The van der Waals surface area contributed by atoms with Gasteiger partial charge in [0.05, 0.1) is 6.04 Å². The van der Waals surface area contributed by atoms with E-state index in [0.29, 0.717) is 12.1 Å². The Morgan fingerprint density at radius 3 is 2.54 bits per heavy atom. The Labute approximate surface area is 83.6 Å². The van der Waals surface area contributed by atoms with Gasteiger partial charge in [-0.15, -0.1) is 21.5 Å². The van der Waals surface area contributed by atoms with Crippen molar-refractivity contribution in [1.82, 2.24) is 15.5 Å². The predicted octanol–water partition coefficient (Wildman–Crippen LogP) is 2.30.